The van der Waals surface area contributed by atoms with E-state index in [0.29, 0.717) is 5.25 Å². The molecule has 0 radical (unpaired) electrons. The van der Waals surface area contributed by atoms with Crippen molar-refractivity contribution in [1.82, 2.24) is 0 Å². The van der Waals surface area contributed by atoms with Crippen LogP contribution in [-0.4, -0.2) is 16.3 Å². The van der Waals surface area contributed by atoms with Gasteiger partial charge in [0.1, 0.15) is 0 Å². The van der Waals surface area contributed by atoms with E-state index in [0.717, 1.165) is 25.7 Å². The number of hydrogen-bond acceptors (Lipinski definition) is 2. The summed E-state index contributed by atoms with van der Waals surface area (Å²) < 4.78 is 0. The van der Waals surface area contributed by atoms with E-state index in [4.69, 9.17) is 5.11 Å². The van der Waals surface area contributed by atoms with Gasteiger partial charge < -0.3 is 5.11 Å². The predicted molar refractivity (Wildman–Crippen MR) is 49.2 cm³/mol. The lowest BCUT2D eigenvalue weighted by Gasteiger charge is -2.06. The molecule has 0 aliphatic rings. The highest BCUT2D eigenvalue weighted by atomic mass is 32.1. The van der Waals surface area contributed by atoms with Crippen LogP contribution in [0.5, 0.6) is 0 Å². The van der Waals surface area contributed by atoms with E-state index in [1.807, 2.05) is 0 Å². The van der Waals surface area contributed by atoms with Gasteiger partial charge >= 0.3 is 5.97 Å². The molecule has 0 aliphatic heterocycles. The summed E-state index contributed by atoms with van der Waals surface area (Å²) in [6, 6.07) is 0. The minimum atomic E-state index is -0.706. The third-order valence-electron chi connectivity index (χ3n) is 1.55. The second kappa shape index (κ2) is 6.53. The Morgan fingerprint density at radius 2 is 2.18 bits per heavy atom. The lowest BCUT2D eigenvalue weighted by Crippen LogP contribution is -2.00. The first-order valence-electron chi connectivity index (χ1n) is 4.06. The van der Waals surface area contributed by atoms with Gasteiger partial charge in [-0.25, -0.2) is 0 Å². The first-order valence-corrected chi connectivity index (χ1v) is 4.58. The van der Waals surface area contributed by atoms with Crippen molar-refractivity contribution >= 4 is 18.6 Å². The molecule has 0 aliphatic carbocycles. The first-order chi connectivity index (χ1) is 5.16. The highest BCUT2D eigenvalue weighted by Gasteiger charge is 2.02. The Balaban J connectivity index is 3.16. The molecule has 0 aromatic rings. The molecular formula is C8H16O2S. The van der Waals surface area contributed by atoms with Gasteiger partial charge in [-0.15, -0.1) is 0 Å². The number of rotatable bonds is 6. The van der Waals surface area contributed by atoms with E-state index < -0.39 is 5.97 Å². The molecule has 0 aromatic carbocycles. The van der Waals surface area contributed by atoms with Gasteiger partial charge in [-0.3, -0.25) is 4.79 Å². The van der Waals surface area contributed by atoms with Crippen molar-refractivity contribution in [3.05, 3.63) is 0 Å². The molecule has 0 unspecified atom stereocenters. The van der Waals surface area contributed by atoms with Crippen molar-refractivity contribution in [1.29, 1.82) is 0 Å². The molecule has 11 heavy (non-hydrogen) atoms. The number of hydrogen-bond donors (Lipinski definition) is 2. The largest absolute Gasteiger partial charge is 0.481 e. The van der Waals surface area contributed by atoms with Gasteiger partial charge in [0.2, 0.25) is 0 Å². The number of aliphatic carboxylic acids is 1. The Bertz CT molecular complexity index is 115. The minimum Gasteiger partial charge on any atom is -0.481 e. The zero-order chi connectivity index (χ0) is 8.69. The van der Waals surface area contributed by atoms with Gasteiger partial charge in [-0.05, 0) is 19.3 Å². The molecular weight excluding hydrogens is 160 g/mol. The van der Waals surface area contributed by atoms with Crippen molar-refractivity contribution in [2.24, 2.45) is 0 Å². The summed E-state index contributed by atoms with van der Waals surface area (Å²) >= 11 is 4.32. The average Bonchev–Trinajstić information content (AvgIpc) is 1.87. The van der Waals surface area contributed by atoms with E-state index >= 15 is 0 Å². The van der Waals surface area contributed by atoms with Gasteiger partial charge in [0.25, 0.3) is 0 Å². The monoisotopic (exact) mass is 176 g/mol. The summed E-state index contributed by atoms with van der Waals surface area (Å²) in [5.74, 6) is -0.706. The molecule has 0 heterocycles. The highest BCUT2D eigenvalue weighted by Crippen LogP contribution is 2.12. The normalized spacial score (nSPS) is 12.9. The molecule has 1 N–H and O–H groups in total. The van der Waals surface area contributed by atoms with E-state index in [1.165, 1.54) is 0 Å². The minimum absolute atomic E-state index is 0.279. The smallest absolute Gasteiger partial charge is 0.303 e. The van der Waals surface area contributed by atoms with Crippen LogP contribution in [0.4, 0.5) is 0 Å². The molecule has 0 saturated carbocycles. The van der Waals surface area contributed by atoms with Crippen LogP contribution in [0.15, 0.2) is 0 Å². The third kappa shape index (κ3) is 7.72. The van der Waals surface area contributed by atoms with Crippen LogP contribution in [0.2, 0.25) is 0 Å². The number of carboxylic acid groups (broad SMARTS) is 1. The second-order valence-electron chi connectivity index (χ2n) is 2.73. The molecule has 0 saturated heterocycles. The molecule has 2 nitrogen and oxygen atoms in total. The van der Waals surface area contributed by atoms with Crippen molar-refractivity contribution in [2.75, 3.05) is 0 Å². The molecule has 1 atom stereocenters. The topological polar surface area (TPSA) is 37.3 Å². The molecule has 0 spiro atoms. The van der Waals surface area contributed by atoms with Crippen LogP contribution >= 0.6 is 12.6 Å². The number of carbonyl (C=O) groups is 1. The van der Waals surface area contributed by atoms with Gasteiger partial charge in [0.15, 0.2) is 0 Å². The zero-order valence-electron chi connectivity index (χ0n) is 6.92. The standard InChI is InChI=1S/C8H16O2S/c1-2-4-7(11)5-3-6-8(9)10/h7,11H,2-6H2,1H3,(H,9,10)/t7-/m1/s1. The summed E-state index contributed by atoms with van der Waals surface area (Å²) in [6.45, 7) is 2.11. The fourth-order valence-electron chi connectivity index (χ4n) is 0.966. The second-order valence-corrected chi connectivity index (χ2v) is 3.46. The Labute approximate surface area is 73.4 Å². The number of thiol groups is 1. The van der Waals surface area contributed by atoms with E-state index in [9.17, 15) is 4.79 Å². The van der Waals surface area contributed by atoms with Crippen LogP contribution in [0, 0.1) is 0 Å². The third-order valence-corrected chi connectivity index (χ3v) is 2.07. The Morgan fingerprint density at radius 3 is 2.64 bits per heavy atom. The maximum absolute atomic E-state index is 10.1. The van der Waals surface area contributed by atoms with E-state index in [1.54, 1.807) is 0 Å². The molecule has 3 heteroatoms. The van der Waals surface area contributed by atoms with Crippen LogP contribution in [0.25, 0.3) is 0 Å². The van der Waals surface area contributed by atoms with E-state index in [2.05, 4.69) is 19.6 Å². The van der Waals surface area contributed by atoms with Gasteiger partial charge in [0, 0.05) is 11.7 Å². The van der Waals surface area contributed by atoms with Crippen molar-refractivity contribution in [3.63, 3.8) is 0 Å². The van der Waals surface area contributed by atoms with Gasteiger partial charge in [-0.1, -0.05) is 13.3 Å². The molecule has 0 fully saturated rings. The van der Waals surface area contributed by atoms with Crippen LogP contribution < -0.4 is 0 Å². The van der Waals surface area contributed by atoms with Gasteiger partial charge in [0.05, 0.1) is 0 Å². The van der Waals surface area contributed by atoms with Gasteiger partial charge in [-0.2, -0.15) is 12.6 Å². The number of carboxylic acids is 1. The summed E-state index contributed by atoms with van der Waals surface area (Å²) in [6.07, 6.45) is 4.16. The molecule has 0 bridgehead atoms. The maximum atomic E-state index is 10.1. The predicted octanol–water partition coefficient (Wildman–Crippen LogP) is 2.34. The zero-order valence-corrected chi connectivity index (χ0v) is 7.81. The van der Waals surface area contributed by atoms with Crippen LogP contribution in [0.3, 0.4) is 0 Å². The highest BCUT2D eigenvalue weighted by molar-refractivity contribution is 7.80. The van der Waals surface area contributed by atoms with Crippen LogP contribution in [-0.2, 0) is 4.79 Å². The summed E-state index contributed by atoms with van der Waals surface area (Å²) in [5.41, 5.74) is 0. The van der Waals surface area contributed by atoms with Crippen molar-refractivity contribution < 1.29 is 9.90 Å². The fraction of sp³-hybridized carbons (Fsp3) is 0.875. The quantitative estimate of drug-likeness (QED) is 0.609. The fourth-order valence-corrected chi connectivity index (χ4v) is 1.41. The average molecular weight is 176 g/mol. The van der Waals surface area contributed by atoms with Crippen molar-refractivity contribution in [2.45, 2.75) is 44.3 Å². The first kappa shape index (κ1) is 10.8. The Hall–Kier alpha value is -0.180. The lowest BCUT2D eigenvalue weighted by molar-refractivity contribution is -0.137. The summed E-state index contributed by atoms with van der Waals surface area (Å²) in [4.78, 5) is 10.1. The molecule has 0 rings (SSSR count). The molecule has 0 aromatic heterocycles. The Morgan fingerprint density at radius 1 is 1.55 bits per heavy atom. The molecule has 66 valence electrons. The maximum Gasteiger partial charge on any atom is 0.303 e. The summed E-state index contributed by atoms with van der Waals surface area (Å²) in [7, 11) is 0. The lowest BCUT2D eigenvalue weighted by atomic mass is 10.1. The molecule has 0 amide bonds. The SMILES string of the molecule is CCC[C@@H](S)CCCC(=O)O. The van der Waals surface area contributed by atoms with Crippen molar-refractivity contribution in [3.8, 4) is 0 Å². The Kier molecular flexibility index (Phi) is 6.42. The van der Waals surface area contributed by atoms with Crippen LogP contribution in [0.1, 0.15) is 39.0 Å². The van der Waals surface area contributed by atoms with E-state index in [-0.39, 0.29) is 6.42 Å². The summed E-state index contributed by atoms with van der Waals surface area (Å²) in [5, 5.41) is 8.72.